The predicted molar refractivity (Wildman–Crippen MR) is 121 cm³/mol. The molecule has 5 rings (SSSR count). The molecule has 0 bridgehead atoms. The van der Waals surface area contributed by atoms with Crippen molar-refractivity contribution in [1.29, 1.82) is 0 Å². The normalized spacial score (nSPS) is 23.3. The average Bonchev–Trinajstić information content (AvgIpc) is 3.14. The van der Waals surface area contributed by atoms with Crippen molar-refractivity contribution in [2.24, 2.45) is 0 Å². The van der Waals surface area contributed by atoms with E-state index < -0.39 is 10.8 Å². The lowest BCUT2D eigenvalue weighted by atomic mass is 9.91. The summed E-state index contributed by atoms with van der Waals surface area (Å²) in [6.45, 7) is 3.19. The first-order valence-electron chi connectivity index (χ1n) is 10.9. The van der Waals surface area contributed by atoms with Gasteiger partial charge in [-0.15, -0.1) is 0 Å². The SMILES string of the molecule is COC(=O)N1CCC[C@@H](Nc2cc(N3CC(c4ccccc4)C3)nc3c2[S@](=O)CC3)C1. The Labute approximate surface area is 185 Å². The van der Waals surface area contributed by atoms with Crippen LogP contribution in [0.2, 0.25) is 0 Å². The number of hydrogen-bond acceptors (Lipinski definition) is 6. The standard InChI is InChI=1S/C23H28N4O3S/c1-30-23(28)26-10-5-8-18(15-26)24-20-12-21(25-19-9-11-31(29)22(19)20)27-13-17(14-27)16-6-3-2-4-7-16/h2-4,6-7,12,17-18H,5,8-11,13-15H2,1H3,(H,24,25)/t18-,31-/m1/s1. The number of nitrogens with one attached hydrogen (secondary N) is 1. The molecule has 2 atom stereocenters. The minimum Gasteiger partial charge on any atom is -0.453 e. The highest BCUT2D eigenvalue weighted by atomic mass is 32.2. The number of aromatic nitrogens is 1. The number of rotatable bonds is 4. The van der Waals surface area contributed by atoms with Crippen LogP contribution in [-0.4, -0.2) is 65.3 Å². The van der Waals surface area contributed by atoms with Gasteiger partial charge in [0.15, 0.2) is 0 Å². The topological polar surface area (TPSA) is 74.8 Å². The number of carbonyl (C=O) groups is 1. The first-order valence-corrected chi connectivity index (χ1v) is 12.3. The summed E-state index contributed by atoms with van der Waals surface area (Å²) in [6.07, 6.45) is 2.34. The molecule has 2 fully saturated rings. The fourth-order valence-corrected chi connectivity index (χ4v) is 6.12. The van der Waals surface area contributed by atoms with Crippen LogP contribution in [0.15, 0.2) is 41.3 Å². The van der Waals surface area contributed by atoms with Gasteiger partial charge in [0.25, 0.3) is 0 Å². The lowest BCUT2D eigenvalue weighted by molar-refractivity contribution is 0.113. The first-order chi connectivity index (χ1) is 15.1. The molecular formula is C23H28N4O3S. The number of methoxy groups -OCH3 is 1. The van der Waals surface area contributed by atoms with Crippen LogP contribution in [0, 0.1) is 0 Å². The van der Waals surface area contributed by atoms with Gasteiger partial charge in [0.2, 0.25) is 0 Å². The lowest BCUT2D eigenvalue weighted by Crippen LogP contribution is -2.46. The number of carbonyl (C=O) groups excluding carboxylic acids is 1. The Morgan fingerprint density at radius 2 is 2.03 bits per heavy atom. The highest BCUT2D eigenvalue weighted by Crippen LogP contribution is 2.37. The average molecular weight is 441 g/mol. The molecule has 2 aromatic rings. The molecule has 2 saturated heterocycles. The fourth-order valence-electron chi connectivity index (χ4n) is 4.77. The number of anilines is 2. The Balaban J connectivity index is 1.35. The van der Waals surface area contributed by atoms with Crippen LogP contribution in [0.25, 0.3) is 0 Å². The first kappa shape index (κ1) is 20.3. The second-order valence-corrected chi connectivity index (χ2v) is 10.0. The summed E-state index contributed by atoms with van der Waals surface area (Å²) >= 11 is 0. The monoisotopic (exact) mass is 440 g/mol. The van der Waals surface area contributed by atoms with Crippen molar-refractivity contribution in [2.75, 3.05) is 49.3 Å². The molecule has 7 nitrogen and oxygen atoms in total. The maximum Gasteiger partial charge on any atom is 0.409 e. The third-order valence-corrected chi connectivity index (χ3v) is 7.96. The van der Waals surface area contributed by atoms with Gasteiger partial charge < -0.3 is 19.9 Å². The number of aryl methyl sites for hydroxylation is 1. The van der Waals surface area contributed by atoms with E-state index in [0.29, 0.717) is 24.8 Å². The summed E-state index contributed by atoms with van der Waals surface area (Å²) < 4.78 is 17.6. The van der Waals surface area contributed by atoms with Crippen molar-refractivity contribution in [2.45, 2.75) is 36.1 Å². The molecule has 1 N–H and O–H groups in total. The number of fused-ring (bicyclic) bond motifs is 1. The van der Waals surface area contributed by atoms with Crippen molar-refractivity contribution >= 4 is 28.4 Å². The van der Waals surface area contributed by atoms with E-state index in [1.54, 1.807) is 4.90 Å². The van der Waals surface area contributed by atoms with Crippen LogP contribution in [0.1, 0.15) is 30.0 Å². The van der Waals surface area contributed by atoms with Gasteiger partial charge in [-0.2, -0.15) is 0 Å². The summed E-state index contributed by atoms with van der Waals surface area (Å²) in [7, 11) is 0.393. The van der Waals surface area contributed by atoms with Crippen LogP contribution >= 0.6 is 0 Å². The third-order valence-electron chi connectivity index (χ3n) is 6.47. The Bertz CT molecular complexity index is 994. The molecule has 0 radical (unpaired) electrons. The summed E-state index contributed by atoms with van der Waals surface area (Å²) in [5, 5.41) is 3.60. The van der Waals surface area contributed by atoms with Gasteiger partial charge in [0, 0.05) is 56.4 Å². The maximum atomic E-state index is 12.7. The van der Waals surface area contributed by atoms with E-state index in [1.165, 1.54) is 12.7 Å². The van der Waals surface area contributed by atoms with E-state index in [2.05, 4.69) is 40.5 Å². The lowest BCUT2D eigenvalue weighted by Gasteiger charge is -2.41. The molecule has 0 spiro atoms. The summed E-state index contributed by atoms with van der Waals surface area (Å²) in [6, 6.07) is 12.8. The molecule has 3 aliphatic rings. The zero-order valence-corrected chi connectivity index (χ0v) is 18.6. The molecule has 8 heteroatoms. The highest BCUT2D eigenvalue weighted by molar-refractivity contribution is 7.85. The molecular weight excluding hydrogens is 412 g/mol. The summed E-state index contributed by atoms with van der Waals surface area (Å²) in [5.74, 6) is 2.10. The number of piperidine rings is 1. The number of likely N-dealkylation sites (tertiary alicyclic amines) is 1. The van der Waals surface area contributed by atoms with Crippen LogP contribution < -0.4 is 10.2 Å². The van der Waals surface area contributed by atoms with E-state index in [-0.39, 0.29) is 12.1 Å². The molecule has 0 unspecified atom stereocenters. The van der Waals surface area contributed by atoms with Crippen molar-refractivity contribution in [3.63, 3.8) is 0 Å². The maximum absolute atomic E-state index is 12.7. The third kappa shape index (κ3) is 4.01. The second kappa shape index (κ2) is 8.49. The number of amides is 1. The van der Waals surface area contributed by atoms with Crippen LogP contribution in [0.5, 0.6) is 0 Å². The number of benzene rings is 1. The molecule has 1 aromatic heterocycles. The van der Waals surface area contributed by atoms with Gasteiger partial charge >= 0.3 is 6.09 Å². The zero-order valence-electron chi connectivity index (χ0n) is 17.8. The fraction of sp³-hybridized carbons (Fsp3) is 0.478. The predicted octanol–water partition coefficient (Wildman–Crippen LogP) is 2.99. The van der Waals surface area contributed by atoms with Gasteiger partial charge in [-0.1, -0.05) is 30.3 Å². The van der Waals surface area contributed by atoms with Crippen molar-refractivity contribution in [1.82, 2.24) is 9.88 Å². The molecule has 3 aliphatic heterocycles. The van der Waals surface area contributed by atoms with E-state index in [9.17, 15) is 9.00 Å². The van der Waals surface area contributed by atoms with Crippen LogP contribution in [-0.2, 0) is 22.0 Å². The Morgan fingerprint density at radius 1 is 1.23 bits per heavy atom. The zero-order chi connectivity index (χ0) is 21.4. The highest BCUT2D eigenvalue weighted by Gasteiger charge is 2.33. The van der Waals surface area contributed by atoms with E-state index >= 15 is 0 Å². The van der Waals surface area contributed by atoms with Crippen molar-refractivity contribution in [3.8, 4) is 0 Å². The van der Waals surface area contributed by atoms with Gasteiger partial charge in [0.05, 0.1) is 34.2 Å². The second-order valence-electron chi connectivity index (χ2n) is 8.52. The van der Waals surface area contributed by atoms with Crippen molar-refractivity contribution < 1.29 is 13.7 Å². The van der Waals surface area contributed by atoms with Gasteiger partial charge in [-0.05, 0) is 18.4 Å². The van der Waals surface area contributed by atoms with Gasteiger partial charge in [-0.3, -0.25) is 4.21 Å². The number of ether oxygens (including phenoxy) is 1. The molecule has 4 heterocycles. The molecule has 0 saturated carbocycles. The van der Waals surface area contributed by atoms with E-state index in [4.69, 9.17) is 9.72 Å². The van der Waals surface area contributed by atoms with Crippen molar-refractivity contribution in [3.05, 3.63) is 47.7 Å². The minimum absolute atomic E-state index is 0.109. The molecule has 164 valence electrons. The number of pyridine rings is 1. The molecule has 0 aliphatic carbocycles. The van der Waals surface area contributed by atoms with E-state index in [1.807, 2.05) is 6.07 Å². The number of nitrogens with zero attached hydrogens (tertiary/aromatic N) is 3. The smallest absolute Gasteiger partial charge is 0.409 e. The minimum atomic E-state index is -1.02. The van der Waals surface area contributed by atoms with Gasteiger partial charge in [-0.25, -0.2) is 9.78 Å². The molecule has 1 amide bonds. The summed E-state index contributed by atoms with van der Waals surface area (Å²) in [5.41, 5.74) is 3.22. The molecule has 31 heavy (non-hydrogen) atoms. The Kier molecular flexibility index (Phi) is 5.56. The number of hydrogen-bond donors (Lipinski definition) is 1. The largest absolute Gasteiger partial charge is 0.453 e. The van der Waals surface area contributed by atoms with Crippen LogP contribution in [0.3, 0.4) is 0 Å². The Hall–Kier alpha value is -2.61. The van der Waals surface area contributed by atoms with Crippen LogP contribution in [0.4, 0.5) is 16.3 Å². The quantitative estimate of drug-likeness (QED) is 0.788. The summed E-state index contributed by atoms with van der Waals surface area (Å²) in [4.78, 5) is 21.7. The van der Waals surface area contributed by atoms with Gasteiger partial charge in [0.1, 0.15) is 5.82 Å². The van der Waals surface area contributed by atoms with E-state index in [0.717, 1.165) is 54.4 Å². The molecule has 1 aromatic carbocycles. The Morgan fingerprint density at radius 3 is 2.81 bits per heavy atom.